The van der Waals surface area contributed by atoms with Gasteiger partial charge in [0.05, 0.1) is 38.0 Å². The minimum atomic E-state index is -0.229. The van der Waals surface area contributed by atoms with Crippen molar-refractivity contribution in [1.29, 1.82) is 0 Å². The molecule has 1 amide bonds. The highest BCUT2D eigenvalue weighted by Gasteiger charge is 2.18. The molecule has 0 fully saturated rings. The number of amides is 1. The number of carbonyl (C=O) groups excluding carboxylic acids is 1. The molecule has 2 heterocycles. The molecule has 1 aliphatic rings. The molecule has 0 radical (unpaired) electrons. The first kappa shape index (κ1) is 14.8. The van der Waals surface area contributed by atoms with Crippen LogP contribution < -0.4 is 14.8 Å². The van der Waals surface area contributed by atoms with Gasteiger partial charge in [-0.25, -0.2) is 4.98 Å². The summed E-state index contributed by atoms with van der Waals surface area (Å²) >= 11 is 1.45. The summed E-state index contributed by atoms with van der Waals surface area (Å²) in [5, 5.41) is 3.41. The Morgan fingerprint density at radius 1 is 1.32 bits per heavy atom. The Morgan fingerprint density at radius 2 is 2.14 bits per heavy atom. The predicted octanol–water partition coefficient (Wildman–Crippen LogP) is 2.49. The molecule has 0 saturated carbocycles. The van der Waals surface area contributed by atoms with Gasteiger partial charge in [0, 0.05) is 12.0 Å². The zero-order chi connectivity index (χ0) is 15.5. The molecule has 1 aromatic carbocycles. The number of fused-ring (bicyclic) bond motifs is 1. The summed E-state index contributed by atoms with van der Waals surface area (Å²) in [4.78, 5) is 17.8. The van der Waals surface area contributed by atoms with Gasteiger partial charge in [0.1, 0.15) is 0 Å². The van der Waals surface area contributed by atoms with Crippen molar-refractivity contribution in [3.05, 3.63) is 34.3 Å². The normalized spacial score (nSPS) is 13.4. The lowest BCUT2D eigenvalue weighted by molar-refractivity contribution is 0.102. The van der Waals surface area contributed by atoms with Crippen LogP contribution in [0.5, 0.6) is 11.5 Å². The van der Waals surface area contributed by atoms with E-state index in [1.807, 2.05) is 0 Å². The summed E-state index contributed by atoms with van der Waals surface area (Å²) in [7, 11) is 3.09. The molecule has 116 valence electrons. The lowest BCUT2D eigenvalue weighted by Gasteiger charge is -2.09. The van der Waals surface area contributed by atoms with Crippen LogP contribution >= 0.6 is 11.3 Å². The third kappa shape index (κ3) is 2.90. The van der Waals surface area contributed by atoms with Crippen molar-refractivity contribution in [3.8, 4) is 11.5 Å². The molecular formula is C15H16N2O4S. The van der Waals surface area contributed by atoms with Crippen LogP contribution in [0.25, 0.3) is 0 Å². The van der Waals surface area contributed by atoms with Crippen LogP contribution in [-0.2, 0) is 17.8 Å². The van der Waals surface area contributed by atoms with Gasteiger partial charge in [-0.15, -0.1) is 0 Å². The molecule has 1 N–H and O–H groups in total. The first-order valence-corrected chi connectivity index (χ1v) is 7.62. The zero-order valence-corrected chi connectivity index (χ0v) is 13.2. The van der Waals surface area contributed by atoms with E-state index in [1.165, 1.54) is 18.4 Å². The second-order valence-electron chi connectivity index (χ2n) is 4.72. The number of rotatable bonds is 4. The Labute approximate surface area is 132 Å². The molecule has 1 aliphatic heterocycles. The monoisotopic (exact) mass is 320 g/mol. The van der Waals surface area contributed by atoms with Crippen LogP contribution in [0.1, 0.15) is 20.9 Å². The number of carbonyl (C=O) groups is 1. The summed E-state index contributed by atoms with van der Waals surface area (Å²) < 4.78 is 15.8. The molecule has 0 aliphatic carbocycles. The number of nitrogens with one attached hydrogen (secondary N) is 1. The minimum absolute atomic E-state index is 0.229. The summed E-state index contributed by atoms with van der Waals surface area (Å²) in [5.41, 5.74) is 1.50. The first-order chi connectivity index (χ1) is 10.7. The SMILES string of the molecule is COc1ccc(C(=O)Nc2nc3c(s2)COCC3)cc1OC. The van der Waals surface area contributed by atoms with Gasteiger partial charge >= 0.3 is 0 Å². The van der Waals surface area contributed by atoms with Crippen LogP contribution in [0.15, 0.2) is 18.2 Å². The minimum Gasteiger partial charge on any atom is -0.493 e. The average molecular weight is 320 g/mol. The first-order valence-electron chi connectivity index (χ1n) is 6.81. The molecule has 7 heteroatoms. The topological polar surface area (TPSA) is 69.7 Å². The van der Waals surface area contributed by atoms with E-state index >= 15 is 0 Å². The highest BCUT2D eigenvalue weighted by molar-refractivity contribution is 7.15. The van der Waals surface area contributed by atoms with E-state index in [-0.39, 0.29) is 5.91 Å². The average Bonchev–Trinajstić information content (AvgIpc) is 2.96. The van der Waals surface area contributed by atoms with Crippen molar-refractivity contribution in [2.24, 2.45) is 0 Å². The maximum absolute atomic E-state index is 12.3. The number of aromatic nitrogens is 1. The molecule has 1 aromatic heterocycles. The van der Waals surface area contributed by atoms with E-state index in [9.17, 15) is 4.79 Å². The Kier molecular flexibility index (Phi) is 4.26. The van der Waals surface area contributed by atoms with Gasteiger partial charge in [0.2, 0.25) is 0 Å². The Bertz CT molecular complexity index is 675. The summed E-state index contributed by atoms with van der Waals surface area (Å²) in [6.45, 7) is 1.25. The van der Waals surface area contributed by atoms with Crippen molar-refractivity contribution < 1.29 is 19.0 Å². The van der Waals surface area contributed by atoms with Gasteiger partial charge in [-0.1, -0.05) is 11.3 Å². The van der Waals surface area contributed by atoms with Crippen molar-refractivity contribution in [2.45, 2.75) is 13.0 Å². The Hall–Kier alpha value is -2.12. The van der Waals surface area contributed by atoms with Crippen LogP contribution in [0.2, 0.25) is 0 Å². The lowest BCUT2D eigenvalue weighted by Crippen LogP contribution is -2.12. The van der Waals surface area contributed by atoms with Gasteiger partial charge in [-0.05, 0) is 18.2 Å². The molecule has 0 saturated heterocycles. The van der Waals surface area contributed by atoms with E-state index in [4.69, 9.17) is 14.2 Å². The number of benzene rings is 1. The van der Waals surface area contributed by atoms with Gasteiger partial charge in [-0.3, -0.25) is 10.1 Å². The fraction of sp³-hybridized carbons (Fsp3) is 0.333. The molecule has 22 heavy (non-hydrogen) atoms. The van der Waals surface area contributed by atoms with Crippen molar-refractivity contribution >= 4 is 22.4 Å². The Morgan fingerprint density at radius 3 is 2.86 bits per heavy atom. The number of thiazole rings is 1. The summed E-state index contributed by atoms with van der Waals surface area (Å²) in [6.07, 6.45) is 0.790. The van der Waals surface area contributed by atoms with Crippen LogP contribution in [0.4, 0.5) is 5.13 Å². The van der Waals surface area contributed by atoms with Crippen molar-refractivity contribution in [3.63, 3.8) is 0 Å². The molecule has 0 unspecified atom stereocenters. The number of ether oxygens (including phenoxy) is 3. The van der Waals surface area contributed by atoms with E-state index in [0.717, 1.165) is 17.0 Å². The standard InChI is InChI=1S/C15H16N2O4S/c1-19-11-4-3-9(7-12(11)20-2)14(18)17-15-16-10-5-6-21-8-13(10)22-15/h3-4,7H,5-6,8H2,1-2H3,(H,16,17,18). The number of methoxy groups -OCH3 is 2. The van der Waals surface area contributed by atoms with Gasteiger partial charge in [0.25, 0.3) is 5.91 Å². The molecule has 0 bridgehead atoms. The zero-order valence-electron chi connectivity index (χ0n) is 12.3. The highest BCUT2D eigenvalue weighted by atomic mass is 32.1. The highest BCUT2D eigenvalue weighted by Crippen LogP contribution is 2.29. The van der Waals surface area contributed by atoms with Crippen molar-refractivity contribution in [2.75, 3.05) is 26.1 Å². The van der Waals surface area contributed by atoms with Gasteiger partial charge in [-0.2, -0.15) is 0 Å². The fourth-order valence-electron chi connectivity index (χ4n) is 2.23. The number of hydrogen-bond acceptors (Lipinski definition) is 6. The largest absolute Gasteiger partial charge is 0.493 e. The molecule has 3 rings (SSSR count). The fourth-order valence-corrected chi connectivity index (χ4v) is 3.17. The number of hydrogen-bond donors (Lipinski definition) is 1. The van der Waals surface area contributed by atoms with E-state index in [1.54, 1.807) is 25.3 Å². The second-order valence-corrected chi connectivity index (χ2v) is 5.80. The van der Waals surface area contributed by atoms with E-state index in [2.05, 4.69) is 10.3 Å². The molecular weight excluding hydrogens is 304 g/mol. The molecule has 2 aromatic rings. The third-order valence-corrected chi connectivity index (χ3v) is 4.35. The van der Waals surface area contributed by atoms with Gasteiger partial charge < -0.3 is 14.2 Å². The van der Waals surface area contributed by atoms with Crippen LogP contribution in [-0.4, -0.2) is 31.7 Å². The number of nitrogens with zero attached hydrogens (tertiary/aromatic N) is 1. The Balaban J connectivity index is 1.78. The van der Waals surface area contributed by atoms with E-state index in [0.29, 0.717) is 35.4 Å². The quantitative estimate of drug-likeness (QED) is 0.937. The summed E-state index contributed by atoms with van der Waals surface area (Å²) in [6, 6.07) is 5.03. The molecule has 0 spiro atoms. The van der Waals surface area contributed by atoms with E-state index < -0.39 is 0 Å². The third-order valence-electron chi connectivity index (χ3n) is 3.36. The maximum Gasteiger partial charge on any atom is 0.257 e. The second kappa shape index (κ2) is 6.33. The molecule has 0 atom stereocenters. The van der Waals surface area contributed by atoms with Gasteiger partial charge in [0.15, 0.2) is 16.6 Å². The smallest absolute Gasteiger partial charge is 0.257 e. The molecule has 6 nitrogen and oxygen atoms in total. The predicted molar refractivity (Wildman–Crippen MR) is 83.0 cm³/mol. The number of anilines is 1. The van der Waals surface area contributed by atoms with Crippen LogP contribution in [0.3, 0.4) is 0 Å². The van der Waals surface area contributed by atoms with Crippen LogP contribution in [0, 0.1) is 0 Å². The lowest BCUT2D eigenvalue weighted by atomic mass is 10.2. The van der Waals surface area contributed by atoms with Crippen molar-refractivity contribution in [1.82, 2.24) is 4.98 Å². The maximum atomic E-state index is 12.3. The summed E-state index contributed by atoms with van der Waals surface area (Å²) in [5.74, 6) is 0.871.